The lowest BCUT2D eigenvalue weighted by molar-refractivity contribution is -0.117. The summed E-state index contributed by atoms with van der Waals surface area (Å²) in [6.45, 7) is 1.84. The van der Waals surface area contributed by atoms with Crippen LogP contribution < -0.4 is 10.6 Å². The molecule has 2 aromatic heterocycles. The number of rotatable bonds is 4. The molecule has 0 spiro atoms. The lowest BCUT2D eigenvalue weighted by atomic mass is 10.1. The summed E-state index contributed by atoms with van der Waals surface area (Å²) in [5.41, 5.74) is 1.32. The molecular weight excluding hydrogens is 370 g/mol. The van der Waals surface area contributed by atoms with Gasteiger partial charge in [0, 0.05) is 10.4 Å². The van der Waals surface area contributed by atoms with Gasteiger partial charge in [0.1, 0.15) is 5.01 Å². The molecule has 132 valence electrons. The van der Waals surface area contributed by atoms with E-state index >= 15 is 0 Å². The Morgan fingerprint density at radius 2 is 1.88 bits per heavy atom. The zero-order valence-electron chi connectivity index (χ0n) is 13.9. The summed E-state index contributed by atoms with van der Waals surface area (Å²) in [7, 11) is 0. The Hall–Kier alpha value is -2.65. The minimum absolute atomic E-state index is 0.133. The van der Waals surface area contributed by atoms with Gasteiger partial charge in [0.25, 0.3) is 5.91 Å². The Labute approximate surface area is 157 Å². The summed E-state index contributed by atoms with van der Waals surface area (Å²) in [5.74, 6) is -0.665. The number of anilines is 2. The number of aryl methyl sites for hydroxylation is 2. The van der Waals surface area contributed by atoms with Crippen LogP contribution in [0.25, 0.3) is 0 Å². The van der Waals surface area contributed by atoms with Crippen molar-refractivity contribution in [3.8, 4) is 0 Å². The van der Waals surface area contributed by atoms with Crippen LogP contribution in [0.2, 0.25) is 0 Å². The summed E-state index contributed by atoms with van der Waals surface area (Å²) in [5, 5.41) is 15.3. The highest BCUT2D eigenvalue weighted by atomic mass is 32.1. The summed E-state index contributed by atoms with van der Waals surface area (Å²) in [6, 6.07) is 8.98. The Bertz CT molecular complexity index is 967. The van der Waals surface area contributed by atoms with Crippen LogP contribution in [0.4, 0.5) is 10.3 Å². The van der Waals surface area contributed by atoms with Gasteiger partial charge in [-0.1, -0.05) is 29.5 Å². The van der Waals surface area contributed by atoms with E-state index in [9.17, 15) is 9.59 Å². The number of hydrogen-bond donors (Lipinski definition) is 2. The molecule has 2 amide bonds. The van der Waals surface area contributed by atoms with E-state index < -0.39 is 0 Å². The first-order chi connectivity index (χ1) is 12.6. The largest absolute Gasteiger partial charge is 0.300 e. The van der Waals surface area contributed by atoms with Gasteiger partial charge in [0.05, 0.1) is 11.6 Å². The Morgan fingerprint density at radius 3 is 2.62 bits per heavy atom. The van der Waals surface area contributed by atoms with Crippen LogP contribution in [0.3, 0.4) is 0 Å². The lowest BCUT2D eigenvalue weighted by Crippen LogP contribution is -2.20. The average Bonchev–Trinajstić information content (AvgIpc) is 3.31. The van der Waals surface area contributed by atoms with E-state index in [1.807, 2.05) is 25.1 Å². The molecule has 1 aliphatic carbocycles. The number of hydrogen-bond acceptors (Lipinski definition) is 7. The van der Waals surface area contributed by atoms with E-state index in [2.05, 4.69) is 25.8 Å². The number of amides is 2. The monoisotopic (exact) mass is 385 g/mol. The second kappa shape index (κ2) is 6.93. The molecule has 2 N–H and O–H groups in total. The highest BCUT2D eigenvalue weighted by Crippen LogP contribution is 2.39. The van der Waals surface area contributed by atoms with Crippen molar-refractivity contribution in [2.75, 3.05) is 10.6 Å². The summed E-state index contributed by atoms with van der Waals surface area (Å²) >= 11 is 2.77. The second-order valence-corrected chi connectivity index (χ2v) is 8.12. The summed E-state index contributed by atoms with van der Waals surface area (Å²) in [6.07, 6.45) is 1.49. The van der Waals surface area contributed by atoms with Gasteiger partial charge < -0.3 is 0 Å². The molecule has 0 aliphatic heterocycles. The third-order valence-corrected chi connectivity index (χ3v) is 5.85. The van der Waals surface area contributed by atoms with Crippen molar-refractivity contribution in [1.82, 2.24) is 15.2 Å². The van der Waals surface area contributed by atoms with Gasteiger partial charge in [0.2, 0.25) is 11.0 Å². The fourth-order valence-electron chi connectivity index (χ4n) is 2.83. The molecule has 1 unspecified atom stereocenters. The number of benzene rings is 1. The summed E-state index contributed by atoms with van der Waals surface area (Å²) < 4.78 is 0. The van der Waals surface area contributed by atoms with Gasteiger partial charge in [-0.2, -0.15) is 0 Å². The molecule has 1 aliphatic rings. The van der Waals surface area contributed by atoms with Crippen molar-refractivity contribution < 1.29 is 9.59 Å². The smallest absolute Gasteiger partial charge is 0.257 e. The molecule has 0 bridgehead atoms. The first-order valence-electron chi connectivity index (χ1n) is 8.07. The van der Waals surface area contributed by atoms with Crippen molar-refractivity contribution in [3.05, 3.63) is 51.5 Å². The van der Waals surface area contributed by atoms with Crippen LogP contribution in [0, 0.1) is 6.92 Å². The molecule has 0 fully saturated rings. The molecular formula is C17H15N5O2S2. The predicted octanol–water partition coefficient (Wildman–Crippen LogP) is 3.22. The molecule has 1 atom stereocenters. The van der Waals surface area contributed by atoms with Crippen molar-refractivity contribution in [1.29, 1.82) is 0 Å². The maximum absolute atomic E-state index is 12.5. The average molecular weight is 385 g/mol. The number of nitrogens with one attached hydrogen (secondary N) is 2. The van der Waals surface area contributed by atoms with E-state index in [4.69, 9.17) is 0 Å². The van der Waals surface area contributed by atoms with Crippen LogP contribution in [0.15, 0.2) is 30.3 Å². The molecule has 26 heavy (non-hydrogen) atoms. The third kappa shape index (κ3) is 3.35. The molecule has 3 aromatic rings. The van der Waals surface area contributed by atoms with Crippen LogP contribution >= 0.6 is 22.7 Å². The van der Waals surface area contributed by atoms with E-state index in [0.29, 0.717) is 22.2 Å². The van der Waals surface area contributed by atoms with Crippen LogP contribution in [-0.4, -0.2) is 27.0 Å². The number of nitrogens with zero attached hydrogens (tertiary/aromatic N) is 3. The van der Waals surface area contributed by atoms with Gasteiger partial charge in [-0.25, -0.2) is 4.98 Å². The normalized spacial score (nSPS) is 15.5. The van der Waals surface area contributed by atoms with Gasteiger partial charge in [-0.3, -0.25) is 20.2 Å². The third-order valence-electron chi connectivity index (χ3n) is 4.05. The second-order valence-electron chi connectivity index (χ2n) is 5.85. The first kappa shape index (κ1) is 16.8. The van der Waals surface area contributed by atoms with Crippen LogP contribution in [0.5, 0.6) is 0 Å². The fraction of sp³-hybridized carbons (Fsp3) is 0.235. The standard InChI is InChI=1S/C17H15N5O2S2/c1-9-21-22-17(25-9)20-15(24)11-7-8-12-13(11)18-16(26-12)19-14(23)10-5-3-2-4-6-10/h2-6,11H,7-8H2,1H3,(H,18,19,23)(H,20,22,24). The zero-order chi connectivity index (χ0) is 18.1. The number of aromatic nitrogens is 3. The number of carbonyl (C=O) groups excluding carboxylic acids is 2. The number of fused-ring (bicyclic) bond motifs is 1. The Morgan fingerprint density at radius 1 is 1.08 bits per heavy atom. The maximum Gasteiger partial charge on any atom is 0.257 e. The van der Waals surface area contributed by atoms with E-state index in [1.54, 1.807) is 12.1 Å². The fourth-order valence-corrected chi connectivity index (χ4v) is 4.46. The van der Waals surface area contributed by atoms with Crippen molar-refractivity contribution in [2.45, 2.75) is 25.7 Å². The minimum atomic E-state index is -0.326. The van der Waals surface area contributed by atoms with Crippen LogP contribution in [0.1, 0.15) is 38.3 Å². The van der Waals surface area contributed by atoms with Gasteiger partial charge >= 0.3 is 0 Å². The molecule has 4 rings (SSSR count). The molecule has 2 heterocycles. The first-order valence-corrected chi connectivity index (χ1v) is 9.70. The topological polar surface area (TPSA) is 96.9 Å². The Balaban J connectivity index is 1.47. The van der Waals surface area contributed by atoms with Crippen LogP contribution in [-0.2, 0) is 11.2 Å². The van der Waals surface area contributed by atoms with E-state index in [0.717, 1.165) is 22.0 Å². The zero-order valence-corrected chi connectivity index (χ0v) is 15.5. The van der Waals surface area contributed by atoms with Gasteiger partial charge in [-0.15, -0.1) is 21.5 Å². The van der Waals surface area contributed by atoms with Crippen molar-refractivity contribution in [2.24, 2.45) is 0 Å². The molecule has 7 nitrogen and oxygen atoms in total. The highest BCUT2D eigenvalue weighted by molar-refractivity contribution is 7.16. The highest BCUT2D eigenvalue weighted by Gasteiger charge is 2.33. The molecule has 9 heteroatoms. The molecule has 0 saturated carbocycles. The van der Waals surface area contributed by atoms with E-state index in [-0.39, 0.29) is 17.7 Å². The molecule has 0 radical (unpaired) electrons. The van der Waals surface area contributed by atoms with Gasteiger partial charge in [-0.05, 0) is 31.9 Å². The summed E-state index contributed by atoms with van der Waals surface area (Å²) in [4.78, 5) is 30.3. The van der Waals surface area contributed by atoms with Crippen molar-refractivity contribution >= 4 is 44.8 Å². The minimum Gasteiger partial charge on any atom is -0.300 e. The number of thiazole rings is 1. The number of carbonyl (C=O) groups is 2. The SMILES string of the molecule is Cc1nnc(NC(=O)C2CCc3sc(NC(=O)c4ccccc4)nc32)s1. The van der Waals surface area contributed by atoms with E-state index in [1.165, 1.54) is 22.7 Å². The van der Waals surface area contributed by atoms with Crippen molar-refractivity contribution in [3.63, 3.8) is 0 Å². The molecule has 1 aromatic carbocycles. The Kier molecular flexibility index (Phi) is 4.48. The quantitative estimate of drug-likeness (QED) is 0.719. The lowest BCUT2D eigenvalue weighted by Gasteiger charge is -2.08. The predicted molar refractivity (Wildman–Crippen MR) is 101 cm³/mol. The molecule has 0 saturated heterocycles. The maximum atomic E-state index is 12.5. The van der Waals surface area contributed by atoms with Gasteiger partial charge in [0.15, 0.2) is 5.13 Å².